The molecule has 0 bridgehead atoms. The van der Waals surface area contributed by atoms with E-state index in [1.54, 1.807) is 30.2 Å². The molecule has 0 radical (unpaired) electrons. The summed E-state index contributed by atoms with van der Waals surface area (Å²) in [6.45, 7) is 1.82. The van der Waals surface area contributed by atoms with E-state index in [1.807, 2.05) is 24.3 Å². The zero-order chi connectivity index (χ0) is 22.2. The molecule has 0 aliphatic carbocycles. The van der Waals surface area contributed by atoms with Crippen molar-refractivity contribution in [3.63, 3.8) is 0 Å². The van der Waals surface area contributed by atoms with Crippen molar-refractivity contribution in [3.05, 3.63) is 53.1 Å². The van der Waals surface area contributed by atoms with Crippen LogP contribution in [0.3, 0.4) is 0 Å². The smallest absolute Gasteiger partial charge is 0.257 e. The largest absolute Gasteiger partial charge is 0.497 e. The van der Waals surface area contributed by atoms with Crippen LogP contribution in [0.5, 0.6) is 17.2 Å². The van der Waals surface area contributed by atoms with Crippen molar-refractivity contribution in [1.29, 1.82) is 0 Å². The number of likely N-dealkylation sites (tertiary alicyclic amines) is 1. The van der Waals surface area contributed by atoms with Gasteiger partial charge in [-0.3, -0.25) is 9.59 Å². The van der Waals surface area contributed by atoms with Gasteiger partial charge in [0.1, 0.15) is 23.9 Å². The molecule has 0 saturated carbocycles. The third-order valence-electron chi connectivity index (χ3n) is 5.27. The first-order valence-electron chi connectivity index (χ1n) is 10.2. The van der Waals surface area contributed by atoms with Crippen LogP contribution in [-0.4, -0.2) is 57.2 Å². The lowest BCUT2D eigenvalue weighted by Gasteiger charge is -2.31. The van der Waals surface area contributed by atoms with Gasteiger partial charge in [-0.2, -0.15) is 0 Å². The molecule has 3 rings (SSSR count). The number of benzene rings is 2. The lowest BCUT2D eigenvalue weighted by Crippen LogP contribution is -2.43. The number of hydrogen-bond donors (Lipinski definition) is 1. The zero-order valence-electron chi connectivity index (χ0n) is 17.7. The Morgan fingerprint density at radius 3 is 2.35 bits per heavy atom. The highest BCUT2D eigenvalue weighted by atomic mass is 35.5. The summed E-state index contributed by atoms with van der Waals surface area (Å²) in [5, 5.41) is 3.40. The molecule has 2 aromatic carbocycles. The van der Waals surface area contributed by atoms with Gasteiger partial charge in [-0.1, -0.05) is 11.6 Å². The Morgan fingerprint density at radius 2 is 1.71 bits per heavy atom. The minimum absolute atomic E-state index is 0.00855. The summed E-state index contributed by atoms with van der Waals surface area (Å²) in [6, 6.07) is 12.3. The van der Waals surface area contributed by atoms with E-state index < -0.39 is 0 Å². The Hall–Kier alpha value is -2.93. The predicted molar refractivity (Wildman–Crippen MR) is 118 cm³/mol. The van der Waals surface area contributed by atoms with Gasteiger partial charge >= 0.3 is 0 Å². The maximum atomic E-state index is 12.9. The van der Waals surface area contributed by atoms with E-state index in [1.165, 1.54) is 7.11 Å². The summed E-state index contributed by atoms with van der Waals surface area (Å²) in [5.41, 5.74) is 0.439. The number of hydrogen-bond acceptors (Lipinski definition) is 5. The molecule has 7 nitrogen and oxygen atoms in total. The number of ether oxygens (including phenoxy) is 3. The second-order valence-corrected chi connectivity index (χ2v) is 7.66. The Bertz CT molecular complexity index is 895. The fourth-order valence-corrected chi connectivity index (χ4v) is 3.69. The SMILES string of the molecule is COc1ccc(OCCNC(=O)C2CCN(C(=O)c3cc(Cl)ccc3OC)CC2)cc1. The van der Waals surface area contributed by atoms with Gasteiger partial charge in [0.05, 0.1) is 26.3 Å². The Morgan fingerprint density at radius 1 is 1.03 bits per heavy atom. The van der Waals surface area contributed by atoms with Crippen LogP contribution in [0.4, 0.5) is 0 Å². The fraction of sp³-hybridized carbons (Fsp3) is 0.391. The molecule has 1 N–H and O–H groups in total. The van der Waals surface area contributed by atoms with E-state index in [0.717, 1.165) is 11.5 Å². The maximum absolute atomic E-state index is 12.9. The van der Waals surface area contributed by atoms with Crippen molar-refractivity contribution in [2.45, 2.75) is 12.8 Å². The topological polar surface area (TPSA) is 77.1 Å². The Kier molecular flexibility index (Phi) is 8.00. The Balaban J connectivity index is 1.42. The summed E-state index contributed by atoms with van der Waals surface area (Å²) in [5.74, 6) is 1.71. The number of methoxy groups -OCH3 is 2. The van der Waals surface area contributed by atoms with Crippen molar-refractivity contribution in [1.82, 2.24) is 10.2 Å². The number of nitrogens with zero attached hydrogens (tertiary/aromatic N) is 1. The fourth-order valence-electron chi connectivity index (χ4n) is 3.52. The van der Waals surface area contributed by atoms with Crippen LogP contribution in [-0.2, 0) is 4.79 Å². The van der Waals surface area contributed by atoms with Gasteiger partial charge in [-0.15, -0.1) is 0 Å². The number of carbonyl (C=O) groups excluding carboxylic acids is 2. The highest BCUT2D eigenvalue weighted by molar-refractivity contribution is 6.31. The summed E-state index contributed by atoms with van der Waals surface area (Å²) < 4.78 is 16.0. The highest BCUT2D eigenvalue weighted by Crippen LogP contribution is 2.26. The molecule has 1 aliphatic heterocycles. The van der Waals surface area contributed by atoms with Crippen LogP contribution in [0.1, 0.15) is 23.2 Å². The van der Waals surface area contributed by atoms with Crippen molar-refractivity contribution >= 4 is 23.4 Å². The molecule has 1 fully saturated rings. The van der Waals surface area contributed by atoms with E-state index in [2.05, 4.69) is 5.32 Å². The molecule has 2 aromatic rings. The van der Waals surface area contributed by atoms with Gasteiger partial charge in [0.15, 0.2) is 0 Å². The number of rotatable bonds is 8. The van der Waals surface area contributed by atoms with Crippen LogP contribution in [0.2, 0.25) is 5.02 Å². The first-order valence-corrected chi connectivity index (χ1v) is 10.6. The van der Waals surface area contributed by atoms with Crippen LogP contribution < -0.4 is 19.5 Å². The quantitative estimate of drug-likeness (QED) is 0.629. The molecule has 1 aliphatic rings. The first-order chi connectivity index (χ1) is 15.0. The van der Waals surface area contributed by atoms with Gasteiger partial charge in [-0.05, 0) is 55.3 Å². The number of amides is 2. The summed E-state index contributed by atoms with van der Waals surface area (Å²) in [7, 11) is 3.13. The van der Waals surface area contributed by atoms with Crippen molar-refractivity contribution < 1.29 is 23.8 Å². The third-order valence-corrected chi connectivity index (χ3v) is 5.51. The second kappa shape index (κ2) is 10.9. The van der Waals surface area contributed by atoms with Crippen molar-refractivity contribution in [3.8, 4) is 17.2 Å². The van der Waals surface area contributed by atoms with E-state index >= 15 is 0 Å². The summed E-state index contributed by atoms with van der Waals surface area (Å²) in [6.07, 6.45) is 1.22. The minimum Gasteiger partial charge on any atom is -0.497 e. The number of halogens is 1. The standard InChI is InChI=1S/C23H27ClN2O5/c1-29-18-4-6-19(7-5-18)31-14-11-25-22(27)16-9-12-26(13-10-16)23(28)20-15-17(24)3-8-21(20)30-2/h3-8,15-16H,9-14H2,1-2H3,(H,25,27). The summed E-state index contributed by atoms with van der Waals surface area (Å²) in [4.78, 5) is 27.1. The third kappa shape index (κ3) is 6.04. The maximum Gasteiger partial charge on any atom is 0.257 e. The van der Waals surface area contributed by atoms with Crippen LogP contribution in [0, 0.1) is 5.92 Å². The van der Waals surface area contributed by atoms with Crippen LogP contribution in [0.25, 0.3) is 0 Å². The second-order valence-electron chi connectivity index (χ2n) is 7.23. The van der Waals surface area contributed by atoms with Gasteiger partial charge < -0.3 is 24.4 Å². The summed E-state index contributed by atoms with van der Waals surface area (Å²) >= 11 is 6.04. The molecular formula is C23H27ClN2O5. The lowest BCUT2D eigenvalue weighted by atomic mass is 9.95. The zero-order valence-corrected chi connectivity index (χ0v) is 18.5. The average Bonchev–Trinajstić information content (AvgIpc) is 2.81. The minimum atomic E-state index is -0.133. The van der Waals surface area contributed by atoms with E-state index in [4.69, 9.17) is 25.8 Å². The van der Waals surface area contributed by atoms with Gasteiger partial charge in [0.2, 0.25) is 5.91 Å². The highest BCUT2D eigenvalue weighted by Gasteiger charge is 2.29. The molecule has 8 heteroatoms. The van der Waals surface area contributed by atoms with Gasteiger partial charge in [0, 0.05) is 24.0 Å². The van der Waals surface area contributed by atoms with E-state index in [0.29, 0.717) is 55.4 Å². The monoisotopic (exact) mass is 446 g/mol. The van der Waals surface area contributed by atoms with E-state index in [9.17, 15) is 9.59 Å². The number of piperidine rings is 1. The van der Waals surface area contributed by atoms with Crippen molar-refractivity contribution in [2.75, 3.05) is 40.5 Å². The predicted octanol–water partition coefficient (Wildman–Crippen LogP) is 3.40. The van der Waals surface area contributed by atoms with Crippen molar-refractivity contribution in [2.24, 2.45) is 5.92 Å². The van der Waals surface area contributed by atoms with Crippen LogP contribution in [0.15, 0.2) is 42.5 Å². The molecule has 0 aromatic heterocycles. The molecule has 0 spiro atoms. The first kappa shape index (κ1) is 22.7. The molecule has 1 heterocycles. The lowest BCUT2D eigenvalue weighted by molar-refractivity contribution is -0.126. The van der Waals surface area contributed by atoms with Gasteiger partial charge in [-0.25, -0.2) is 0 Å². The molecule has 2 amide bonds. The average molecular weight is 447 g/mol. The Labute approximate surface area is 187 Å². The number of carbonyl (C=O) groups is 2. The normalized spacial score (nSPS) is 14.1. The molecule has 0 unspecified atom stereocenters. The van der Waals surface area contributed by atoms with E-state index in [-0.39, 0.29) is 17.7 Å². The van der Waals surface area contributed by atoms with Crippen LogP contribution >= 0.6 is 11.6 Å². The molecule has 0 atom stereocenters. The van der Waals surface area contributed by atoms with Gasteiger partial charge in [0.25, 0.3) is 5.91 Å². The molecule has 31 heavy (non-hydrogen) atoms. The molecule has 166 valence electrons. The molecular weight excluding hydrogens is 420 g/mol. The number of nitrogens with one attached hydrogen (secondary N) is 1. The molecule has 1 saturated heterocycles.